The number of rotatable bonds is 9. The van der Waals surface area contributed by atoms with Crippen LogP contribution in [0.5, 0.6) is 0 Å². The summed E-state index contributed by atoms with van der Waals surface area (Å²) in [5.74, 6) is 0.0845. The van der Waals surface area contributed by atoms with E-state index in [9.17, 15) is 9.59 Å². The Morgan fingerprint density at radius 3 is 2.26 bits per heavy atom. The smallest absolute Gasteiger partial charge is 0.316 e. The van der Waals surface area contributed by atoms with Gasteiger partial charge in [-0.15, -0.1) is 0 Å². The first-order valence-corrected chi connectivity index (χ1v) is 13.9. The summed E-state index contributed by atoms with van der Waals surface area (Å²) in [6.45, 7) is 5.91. The molecule has 0 amide bonds. The summed E-state index contributed by atoms with van der Waals surface area (Å²) >= 11 is 3.46. The molecule has 1 aromatic heterocycles. The Morgan fingerprint density at radius 2 is 1.64 bits per heavy atom. The minimum atomic E-state index is -0.476. The third-order valence-corrected chi connectivity index (χ3v) is 7.76. The quantitative estimate of drug-likeness (QED) is 0.188. The number of hydrogen-bond acceptors (Lipinski definition) is 6. The average Bonchev–Trinajstić information content (AvgIpc) is 3.68. The molecule has 1 atom stereocenters. The van der Waals surface area contributed by atoms with Crippen LogP contribution in [-0.2, 0) is 30.9 Å². The maximum absolute atomic E-state index is 12.8. The van der Waals surface area contributed by atoms with Gasteiger partial charge in [0.25, 0.3) is 0 Å². The predicted molar refractivity (Wildman–Crippen MR) is 152 cm³/mol. The van der Waals surface area contributed by atoms with Crippen LogP contribution in [0.4, 0.5) is 0 Å². The van der Waals surface area contributed by atoms with E-state index in [0.29, 0.717) is 23.6 Å². The number of nitrogens with zero attached hydrogens (tertiary/aromatic N) is 1. The number of hydrogen-bond donors (Lipinski definition) is 0. The zero-order valence-corrected chi connectivity index (χ0v) is 23.8. The number of carbonyl (C=O) groups is 2. The van der Waals surface area contributed by atoms with Gasteiger partial charge in [-0.1, -0.05) is 81.8 Å². The van der Waals surface area contributed by atoms with E-state index in [1.807, 2.05) is 93.6 Å². The Labute approximate surface area is 236 Å². The molecule has 3 aromatic carbocycles. The second kappa shape index (κ2) is 11.2. The summed E-state index contributed by atoms with van der Waals surface area (Å²) in [6.07, 6.45) is 1.34. The molecule has 5 rings (SSSR count). The van der Waals surface area contributed by atoms with E-state index >= 15 is 0 Å². The van der Waals surface area contributed by atoms with Crippen molar-refractivity contribution >= 4 is 27.9 Å². The number of benzene rings is 3. The van der Waals surface area contributed by atoms with Gasteiger partial charge in [-0.2, -0.15) is 0 Å². The van der Waals surface area contributed by atoms with Crippen LogP contribution in [0.15, 0.2) is 81.8 Å². The van der Waals surface area contributed by atoms with Crippen molar-refractivity contribution < 1.29 is 23.6 Å². The van der Waals surface area contributed by atoms with Crippen LogP contribution in [0.25, 0.3) is 22.5 Å². The number of halogens is 1. The molecule has 1 aliphatic carbocycles. The number of aryl methyl sites for hydroxylation is 1. The van der Waals surface area contributed by atoms with Gasteiger partial charge in [-0.05, 0) is 68.0 Å². The molecule has 1 fully saturated rings. The summed E-state index contributed by atoms with van der Waals surface area (Å²) in [7, 11) is 0. The zero-order chi connectivity index (χ0) is 27.6. The van der Waals surface area contributed by atoms with Gasteiger partial charge in [0.2, 0.25) is 0 Å². The second-order valence-electron chi connectivity index (χ2n) is 9.90. The maximum atomic E-state index is 12.8. The molecule has 7 heteroatoms. The number of carbonyl (C=O) groups excluding carboxylic acids is 2. The molecule has 0 aliphatic heterocycles. The molecule has 39 heavy (non-hydrogen) atoms. The molecule has 200 valence electrons. The lowest BCUT2D eigenvalue weighted by Crippen LogP contribution is -2.23. The molecule has 0 saturated heterocycles. The van der Waals surface area contributed by atoms with E-state index in [1.54, 1.807) is 0 Å². The highest BCUT2D eigenvalue weighted by Crippen LogP contribution is 2.49. The van der Waals surface area contributed by atoms with Crippen LogP contribution in [0, 0.1) is 6.92 Å². The fraction of sp³-hybridized carbons (Fsp3) is 0.281. The molecule has 0 spiro atoms. The molecule has 6 nitrogen and oxygen atoms in total. The van der Waals surface area contributed by atoms with Gasteiger partial charge in [0.05, 0.1) is 24.1 Å². The van der Waals surface area contributed by atoms with E-state index in [1.165, 1.54) is 0 Å². The summed E-state index contributed by atoms with van der Waals surface area (Å²) in [6, 6.07) is 23.8. The van der Waals surface area contributed by atoms with Crippen LogP contribution in [0.1, 0.15) is 55.2 Å². The third-order valence-electron chi connectivity index (χ3n) is 7.27. The molecular weight excluding hydrogens is 558 g/mol. The molecule has 0 radical (unpaired) electrons. The van der Waals surface area contributed by atoms with E-state index in [2.05, 4.69) is 21.1 Å². The fourth-order valence-corrected chi connectivity index (χ4v) is 5.25. The second-order valence-corrected chi connectivity index (χ2v) is 10.8. The van der Waals surface area contributed by atoms with Gasteiger partial charge in [-0.25, -0.2) is 0 Å². The highest BCUT2D eigenvalue weighted by Gasteiger charge is 2.52. The van der Waals surface area contributed by atoms with E-state index in [0.717, 1.165) is 45.1 Å². The molecular formula is C32H30BrNO5. The Bertz CT molecular complexity index is 1490. The summed E-state index contributed by atoms with van der Waals surface area (Å²) in [5, 5.41) is 4.11. The topological polar surface area (TPSA) is 78.6 Å². The standard InChI is InChI=1S/C32H30BrNO5/c1-4-37-31(36)32(16-17-32)26-14-12-23(13-15-26)22-8-10-24(11-9-22)30-28(20(2)34-39-30)19-29(35)38-21(3)25-6-5-7-27(33)18-25/h5-15,18,21H,4,16-17,19H2,1-3H3/t21-/m1/s1. The van der Waals surface area contributed by atoms with Gasteiger partial charge in [-0.3, -0.25) is 9.59 Å². The lowest BCUT2D eigenvalue weighted by Gasteiger charge is -2.15. The van der Waals surface area contributed by atoms with Crippen LogP contribution in [0.3, 0.4) is 0 Å². The summed E-state index contributed by atoms with van der Waals surface area (Å²) in [4.78, 5) is 25.2. The first kappa shape index (κ1) is 26.9. The number of aromatic nitrogens is 1. The predicted octanol–water partition coefficient (Wildman–Crippen LogP) is 7.52. The average molecular weight is 588 g/mol. The van der Waals surface area contributed by atoms with Crippen LogP contribution < -0.4 is 0 Å². The number of ether oxygens (including phenoxy) is 2. The first-order chi connectivity index (χ1) is 18.8. The minimum absolute atomic E-state index is 0.0639. The van der Waals surface area contributed by atoms with Crippen LogP contribution >= 0.6 is 15.9 Å². The Balaban J connectivity index is 1.28. The molecule has 0 unspecified atom stereocenters. The first-order valence-electron chi connectivity index (χ1n) is 13.1. The molecule has 0 bridgehead atoms. The van der Waals surface area contributed by atoms with Crippen molar-refractivity contribution in [3.63, 3.8) is 0 Å². The zero-order valence-electron chi connectivity index (χ0n) is 22.2. The lowest BCUT2D eigenvalue weighted by molar-refractivity contribution is -0.148. The normalized spacial score (nSPS) is 14.5. The van der Waals surface area contributed by atoms with Crippen molar-refractivity contribution in [2.24, 2.45) is 0 Å². The van der Waals surface area contributed by atoms with Crippen LogP contribution in [-0.4, -0.2) is 23.7 Å². The third kappa shape index (κ3) is 5.69. The van der Waals surface area contributed by atoms with Crippen molar-refractivity contribution in [3.8, 4) is 22.5 Å². The van der Waals surface area contributed by atoms with Crippen molar-refractivity contribution in [2.75, 3.05) is 6.61 Å². The van der Waals surface area contributed by atoms with Crippen molar-refractivity contribution in [2.45, 2.75) is 51.6 Å². The van der Waals surface area contributed by atoms with Gasteiger partial charge >= 0.3 is 11.9 Å². The van der Waals surface area contributed by atoms with Crippen molar-refractivity contribution in [3.05, 3.63) is 99.7 Å². The lowest BCUT2D eigenvalue weighted by atomic mass is 9.93. The Hall–Kier alpha value is -3.71. The summed E-state index contributed by atoms with van der Waals surface area (Å²) < 4.78 is 17.5. The van der Waals surface area contributed by atoms with E-state index in [-0.39, 0.29) is 24.5 Å². The summed E-state index contributed by atoms with van der Waals surface area (Å²) in [5.41, 5.74) is 5.73. The SMILES string of the molecule is CCOC(=O)C1(c2ccc(-c3ccc(-c4onc(C)c4CC(=O)O[C@H](C)c4cccc(Br)c4)cc3)cc2)CC1. The largest absolute Gasteiger partial charge is 0.465 e. The highest BCUT2D eigenvalue weighted by molar-refractivity contribution is 9.10. The maximum Gasteiger partial charge on any atom is 0.316 e. The van der Waals surface area contributed by atoms with E-state index in [4.69, 9.17) is 14.0 Å². The van der Waals surface area contributed by atoms with Gasteiger partial charge < -0.3 is 14.0 Å². The van der Waals surface area contributed by atoms with Crippen molar-refractivity contribution in [1.82, 2.24) is 5.16 Å². The van der Waals surface area contributed by atoms with Crippen molar-refractivity contribution in [1.29, 1.82) is 0 Å². The number of esters is 2. The molecule has 4 aromatic rings. The highest BCUT2D eigenvalue weighted by atomic mass is 79.9. The van der Waals surface area contributed by atoms with Crippen LogP contribution in [0.2, 0.25) is 0 Å². The monoisotopic (exact) mass is 587 g/mol. The van der Waals surface area contributed by atoms with Gasteiger partial charge in [0.1, 0.15) is 6.10 Å². The molecule has 1 saturated carbocycles. The Morgan fingerprint density at radius 1 is 1.00 bits per heavy atom. The fourth-order valence-electron chi connectivity index (χ4n) is 4.84. The van der Waals surface area contributed by atoms with Gasteiger partial charge in [0.15, 0.2) is 5.76 Å². The molecule has 0 N–H and O–H groups in total. The minimum Gasteiger partial charge on any atom is -0.465 e. The Kier molecular flexibility index (Phi) is 7.71. The molecule has 1 heterocycles. The van der Waals surface area contributed by atoms with Gasteiger partial charge in [0, 0.05) is 15.6 Å². The van der Waals surface area contributed by atoms with E-state index < -0.39 is 5.41 Å². The molecule has 1 aliphatic rings.